The largest absolute Gasteiger partial charge is 0.455 e. The Labute approximate surface area is 143 Å². The fourth-order valence-corrected chi connectivity index (χ4v) is 2.42. The van der Waals surface area contributed by atoms with E-state index in [2.05, 4.69) is 4.99 Å². The molecule has 5 nitrogen and oxygen atoms in total. The summed E-state index contributed by atoms with van der Waals surface area (Å²) in [6.45, 7) is 2.01. The van der Waals surface area contributed by atoms with E-state index in [9.17, 15) is 10.1 Å². The molecular weight excluding hydrogens is 328 g/mol. The number of furan rings is 1. The van der Waals surface area contributed by atoms with Crippen LogP contribution in [0.1, 0.15) is 11.3 Å². The van der Waals surface area contributed by atoms with E-state index >= 15 is 0 Å². The van der Waals surface area contributed by atoms with Crippen LogP contribution in [0.2, 0.25) is 5.02 Å². The molecule has 2 aromatic carbocycles. The average molecular weight is 341 g/mol. The first-order valence-electron chi connectivity index (χ1n) is 7.18. The van der Waals surface area contributed by atoms with Crippen LogP contribution < -0.4 is 0 Å². The van der Waals surface area contributed by atoms with E-state index in [1.54, 1.807) is 24.4 Å². The lowest BCUT2D eigenvalue weighted by Crippen LogP contribution is -1.88. The number of non-ortho nitro benzene ring substituents is 1. The summed E-state index contributed by atoms with van der Waals surface area (Å²) >= 11 is 6.11. The third-order valence-electron chi connectivity index (χ3n) is 3.43. The first-order valence-corrected chi connectivity index (χ1v) is 7.55. The fraction of sp³-hybridized carbons (Fsp3) is 0.0556. The Balaban J connectivity index is 1.83. The number of nitro groups is 1. The van der Waals surface area contributed by atoms with Crippen molar-refractivity contribution in [3.63, 3.8) is 0 Å². The minimum absolute atomic E-state index is 0.0588. The van der Waals surface area contributed by atoms with Gasteiger partial charge in [-0.25, -0.2) is 0 Å². The molecule has 0 amide bonds. The molecule has 120 valence electrons. The predicted octanol–water partition coefficient (Wildman–Crippen LogP) is 5.57. The van der Waals surface area contributed by atoms with Gasteiger partial charge in [-0.2, -0.15) is 0 Å². The highest BCUT2D eigenvalue weighted by Gasteiger charge is 2.13. The molecule has 1 heterocycles. The van der Waals surface area contributed by atoms with Gasteiger partial charge in [-0.15, -0.1) is 0 Å². The zero-order chi connectivity index (χ0) is 17.1. The maximum absolute atomic E-state index is 10.8. The molecule has 0 fully saturated rings. The highest BCUT2D eigenvalue weighted by atomic mass is 35.5. The van der Waals surface area contributed by atoms with E-state index in [1.165, 1.54) is 17.7 Å². The molecule has 0 aliphatic carbocycles. The number of rotatable bonds is 4. The molecular formula is C18H13ClN2O3. The third kappa shape index (κ3) is 3.52. The Hall–Kier alpha value is -2.92. The van der Waals surface area contributed by atoms with Crippen LogP contribution >= 0.6 is 11.6 Å². The number of hydrogen-bond donors (Lipinski definition) is 0. The summed E-state index contributed by atoms with van der Waals surface area (Å²) in [5.41, 5.74) is 2.53. The lowest BCUT2D eigenvalue weighted by Gasteiger charge is -2.00. The van der Waals surface area contributed by atoms with Crippen LogP contribution in [0.15, 0.2) is 64.0 Å². The van der Waals surface area contributed by atoms with Gasteiger partial charge in [0.05, 0.1) is 21.8 Å². The molecule has 0 atom stereocenters. The monoisotopic (exact) mass is 340 g/mol. The van der Waals surface area contributed by atoms with Gasteiger partial charge in [-0.05, 0) is 37.3 Å². The van der Waals surface area contributed by atoms with Gasteiger partial charge in [0.2, 0.25) is 0 Å². The molecule has 0 aliphatic heterocycles. The van der Waals surface area contributed by atoms with Gasteiger partial charge in [0.1, 0.15) is 11.5 Å². The molecule has 1 aromatic heterocycles. The topological polar surface area (TPSA) is 68.6 Å². The van der Waals surface area contributed by atoms with E-state index in [0.29, 0.717) is 17.1 Å². The fourth-order valence-electron chi connectivity index (χ4n) is 2.15. The molecule has 0 bridgehead atoms. The molecule has 3 aromatic rings. The lowest BCUT2D eigenvalue weighted by atomic mass is 10.1. The standard InChI is InChI=1S/C18H13ClN2O3/c1-12-2-4-13(5-3-12)20-11-15-7-9-18(24-15)16-8-6-14(21(22)23)10-17(16)19/h2-11H,1H3. The summed E-state index contributed by atoms with van der Waals surface area (Å²) < 4.78 is 5.69. The van der Waals surface area contributed by atoms with E-state index in [-0.39, 0.29) is 10.7 Å². The van der Waals surface area contributed by atoms with Crippen molar-refractivity contribution in [2.45, 2.75) is 6.92 Å². The van der Waals surface area contributed by atoms with Crippen molar-refractivity contribution >= 4 is 29.2 Å². The van der Waals surface area contributed by atoms with Crippen molar-refractivity contribution in [2.75, 3.05) is 0 Å². The smallest absolute Gasteiger partial charge is 0.270 e. The summed E-state index contributed by atoms with van der Waals surface area (Å²) in [6.07, 6.45) is 1.62. The molecule has 0 radical (unpaired) electrons. The third-order valence-corrected chi connectivity index (χ3v) is 3.74. The van der Waals surface area contributed by atoms with Gasteiger partial charge in [-0.3, -0.25) is 15.1 Å². The number of nitro benzene ring substituents is 1. The van der Waals surface area contributed by atoms with Gasteiger partial charge in [-0.1, -0.05) is 29.3 Å². The average Bonchev–Trinajstić information content (AvgIpc) is 3.03. The number of halogens is 1. The van der Waals surface area contributed by atoms with E-state index in [0.717, 1.165) is 5.69 Å². The van der Waals surface area contributed by atoms with Crippen LogP contribution in [0, 0.1) is 17.0 Å². The Kier molecular flexibility index (Phi) is 4.44. The minimum Gasteiger partial charge on any atom is -0.455 e. The first kappa shape index (κ1) is 16.0. The molecule has 6 heteroatoms. The number of aryl methyl sites for hydroxylation is 1. The van der Waals surface area contributed by atoms with Gasteiger partial charge in [0.25, 0.3) is 5.69 Å². The normalized spacial score (nSPS) is 11.1. The zero-order valence-corrected chi connectivity index (χ0v) is 13.5. The summed E-state index contributed by atoms with van der Waals surface area (Å²) in [6, 6.07) is 15.6. The van der Waals surface area contributed by atoms with E-state index < -0.39 is 4.92 Å². The summed E-state index contributed by atoms with van der Waals surface area (Å²) in [4.78, 5) is 14.6. The summed E-state index contributed by atoms with van der Waals surface area (Å²) in [7, 11) is 0. The summed E-state index contributed by atoms with van der Waals surface area (Å²) in [5.74, 6) is 1.10. The van der Waals surface area contributed by atoms with Crippen molar-refractivity contribution in [1.82, 2.24) is 0 Å². The van der Waals surface area contributed by atoms with Crippen LogP contribution in [0.25, 0.3) is 11.3 Å². The molecule has 0 saturated heterocycles. The molecule has 3 rings (SSSR count). The summed E-state index contributed by atoms with van der Waals surface area (Å²) in [5, 5.41) is 11.0. The molecule has 0 spiro atoms. The number of aliphatic imine (C=N–C) groups is 1. The number of hydrogen-bond acceptors (Lipinski definition) is 4. The second-order valence-electron chi connectivity index (χ2n) is 5.22. The van der Waals surface area contributed by atoms with Crippen molar-refractivity contribution in [3.05, 3.63) is 81.1 Å². The van der Waals surface area contributed by atoms with Crippen molar-refractivity contribution < 1.29 is 9.34 Å². The molecule has 0 N–H and O–H groups in total. The highest BCUT2D eigenvalue weighted by molar-refractivity contribution is 6.33. The van der Waals surface area contributed by atoms with E-state index in [4.69, 9.17) is 16.0 Å². The second kappa shape index (κ2) is 6.68. The Morgan fingerprint density at radius 1 is 1.12 bits per heavy atom. The van der Waals surface area contributed by atoms with Gasteiger partial charge >= 0.3 is 0 Å². The van der Waals surface area contributed by atoms with E-state index in [1.807, 2.05) is 31.2 Å². The number of benzene rings is 2. The molecule has 0 aliphatic rings. The van der Waals surface area contributed by atoms with Crippen molar-refractivity contribution in [1.29, 1.82) is 0 Å². The minimum atomic E-state index is -0.489. The zero-order valence-electron chi connectivity index (χ0n) is 12.8. The Bertz CT molecular complexity index is 914. The highest BCUT2D eigenvalue weighted by Crippen LogP contribution is 2.32. The first-order chi connectivity index (χ1) is 11.5. The lowest BCUT2D eigenvalue weighted by molar-refractivity contribution is -0.384. The molecule has 0 unspecified atom stereocenters. The van der Waals surface area contributed by atoms with Gasteiger partial charge in [0, 0.05) is 17.7 Å². The maximum Gasteiger partial charge on any atom is 0.270 e. The Morgan fingerprint density at radius 3 is 2.54 bits per heavy atom. The second-order valence-corrected chi connectivity index (χ2v) is 5.62. The van der Waals surface area contributed by atoms with Crippen LogP contribution in [0.3, 0.4) is 0 Å². The van der Waals surface area contributed by atoms with Crippen molar-refractivity contribution in [3.8, 4) is 11.3 Å². The SMILES string of the molecule is Cc1ccc(N=Cc2ccc(-c3ccc([N+](=O)[O-])cc3Cl)o2)cc1. The molecule has 0 saturated carbocycles. The molecule has 24 heavy (non-hydrogen) atoms. The van der Waals surface area contributed by atoms with Crippen LogP contribution in [-0.4, -0.2) is 11.1 Å². The quantitative estimate of drug-likeness (QED) is 0.354. The predicted molar refractivity (Wildman–Crippen MR) is 94.2 cm³/mol. The van der Waals surface area contributed by atoms with Crippen LogP contribution in [0.4, 0.5) is 11.4 Å². The Morgan fingerprint density at radius 2 is 1.88 bits per heavy atom. The maximum atomic E-state index is 10.8. The van der Waals surface area contributed by atoms with Crippen LogP contribution in [0.5, 0.6) is 0 Å². The van der Waals surface area contributed by atoms with Gasteiger partial charge in [0.15, 0.2) is 0 Å². The van der Waals surface area contributed by atoms with Gasteiger partial charge < -0.3 is 4.42 Å². The van der Waals surface area contributed by atoms with Crippen LogP contribution in [-0.2, 0) is 0 Å². The number of nitrogens with zero attached hydrogens (tertiary/aromatic N) is 2. The van der Waals surface area contributed by atoms with Crippen molar-refractivity contribution in [2.24, 2.45) is 4.99 Å².